The molecular weight excluding hydrogens is 274 g/mol. The van der Waals surface area contributed by atoms with E-state index in [1.54, 1.807) is 6.20 Å². The van der Waals surface area contributed by atoms with Gasteiger partial charge in [0, 0.05) is 30.6 Å². The Morgan fingerprint density at radius 2 is 2.25 bits per heavy atom. The minimum atomic E-state index is 0.103. The number of anilines is 1. The first-order chi connectivity index (χ1) is 9.74. The van der Waals surface area contributed by atoms with E-state index >= 15 is 0 Å². The van der Waals surface area contributed by atoms with Crippen molar-refractivity contribution in [3.63, 3.8) is 0 Å². The van der Waals surface area contributed by atoms with Crippen LogP contribution in [0.3, 0.4) is 0 Å². The quantitative estimate of drug-likeness (QED) is 0.894. The largest absolute Gasteiger partial charge is 0.380 e. The summed E-state index contributed by atoms with van der Waals surface area (Å²) in [5, 5.41) is 7.95. The SMILES string of the molecule is O=C1CC(Nc2ccc(Cl)c3cccnc23)CCCN1. The van der Waals surface area contributed by atoms with Crippen LogP contribution in [0.1, 0.15) is 19.3 Å². The van der Waals surface area contributed by atoms with E-state index in [1.165, 1.54) is 0 Å². The third-order valence-electron chi connectivity index (χ3n) is 3.56. The number of rotatable bonds is 2. The maximum atomic E-state index is 11.6. The molecule has 1 aliphatic heterocycles. The van der Waals surface area contributed by atoms with Crippen LogP contribution in [0.2, 0.25) is 5.02 Å². The predicted octanol–water partition coefficient (Wildman–Crippen LogP) is 2.97. The number of pyridine rings is 1. The molecule has 0 spiro atoms. The van der Waals surface area contributed by atoms with Gasteiger partial charge in [0.25, 0.3) is 0 Å². The minimum absolute atomic E-state index is 0.103. The van der Waals surface area contributed by atoms with Gasteiger partial charge in [-0.1, -0.05) is 11.6 Å². The summed E-state index contributed by atoms with van der Waals surface area (Å²) in [5.74, 6) is 0.103. The molecule has 1 fully saturated rings. The molecule has 0 bridgehead atoms. The molecule has 1 amide bonds. The van der Waals surface area contributed by atoms with Crippen molar-refractivity contribution in [3.8, 4) is 0 Å². The van der Waals surface area contributed by atoms with E-state index in [-0.39, 0.29) is 11.9 Å². The van der Waals surface area contributed by atoms with Gasteiger partial charge < -0.3 is 10.6 Å². The van der Waals surface area contributed by atoms with Crippen molar-refractivity contribution in [3.05, 3.63) is 35.5 Å². The summed E-state index contributed by atoms with van der Waals surface area (Å²) < 4.78 is 0. The Bertz CT molecular complexity index is 644. The summed E-state index contributed by atoms with van der Waals surface area (Å²) in [7, 11) is 0. The number of hydrogen-bond acceptors (Lipinski definition) is 3. The Hall–Kier alpha value is -1.81. The first-order valence-electron chi connectivity index (χ1n) is 6.80. The molecule has 20 heavy (non-hydrogen) atoms. The first kappa shape index (κ1) is 13.2. The van der Waals surface area contributed by atoms with Crippen LogP contribution < -0.4 is 10.6 Å². The molecule has 2 heterocycles. The Morgan fingerprint density at radius 1 is 1.35 bits per heavy atom. The van der Waals surface area contributed by atoms with Crippen LogP contribution in [0, 0.1) is 0 Å². The van der Waals surface area contributed by atoms with Crippen LogP contribution in [0.4, 0.5) is 5.69 Å². The summed E-state index contributed by atoms with van der Waals surface area (Å²) >= 11 is 6.19. The van der Waals surface area contributed by atoms with Crippen molar-refractivity contribution in [2.45, 2.75) is 25.3 Å². The van der Waals surface area contributed by atoms with Crippen LogP contribution in [0.15, 0.2) is 30.5 Å². The smallest absolute Gasteiger partial charge is 0.222 e. The number of amides is 1. The maximum absolute atomic E-state index is 11.6. The zero-order chi connectivity index (χ0) is 13.9. The fourth-order valence-corrected chi connectivity index (χ4v) is 2.79. The summed E-state index contributed by atoms with van der Waals surface area (Å²) in [4.78, 5) is 16.0. The highest BCUT2D eigenvalue weighted by Crippen LogP contribution is 2.29. The van der Waals surface area contributed by atoms with E-state index in [0.29, 0.717) is 11.4 Å². The molecule has 0 aliphatic carbocycles. The van der Waals surface area contributed by atoms with Crippen LogP contribution in [0.5, 0.6) is 0 Å². The summed E-state index contributed by atoms with van der Waals surface area (Å²) in [6, 6.07) is 7.77. The van der Waals surface area contributed by atoms with E-state index in [9.17, 15) is 4.79 Å². The van der Waals surface area contributed by atoms with Gasteiger partial charge in [0.1, 0.15) is 0 Å². The van der Waals surface area contributed by atoms with Crippen LogP contribution in [0.25, 0.3) is 10.9 Å². The van der Waals surface area contributed by atoms with Gasteiger partial charge in [-0.25, -0.2) is 0 Å². The number of carbonyl (C=O) groups is 1. The maximum Gasteiger partial charge on any atom is 0.222 e. The second kappa shape index (κ2) is 5.67. The molecule has 0 radical (unpaired) electrons. The number of nitrogens with one attached hydrogen (secondary N) is 2. The average Bonchev–Trinajstić information content (AvgIpc) is 2.66. The summed E-state index contributed by atoms with van der Waals surface area (Å²) in [6.07, 6.45) is 4.21. The first-order valence-corrected chi connectivity index (χ1v) is 7.18. The second-order valence-corrected chi connectivity index (χ2v) is 5.44. The van der Waals surface area contributed by atoms with E-state index in [4.69, 9.17) is 11.6 Å². The number of carbonyl (C=O) groups excluding carboxylic acids is 1. The van der Waals surface area contributed by atoms with Gasteiger partial charge in [0.05, 0.1) is 16.2 Å². The van der Waals surface area contributed by atoms with E-state index < -0.39 is 0 Å². The zero-order valence-electron chi connectivity index (χ0n) is 11.0. The molecule has 1 aromatic heterocycles. The molecule has 1 unspecified atom stereocenters. The van der Waals surface area contributed by atoms with E-state index in [1.807, 2.05) is 24.3 Å². The van der Waals surface area contributed by atoms with Crippen LogP contribution in [-0.2, 0) is 4.79 Å². The van der Waals surface area contributed by atoms with Crippen molar-refractivity contribution < 1.29 is 4.79 Å². The van der Waals surface area contributed by atoms with Crippen molar-refractivity contribution in [1.82, 2.24) is 10.3 Å². The lowest BCUT2D eigenvalue weighted by Gasteiger charge is -2.18. The number of nitrogens with zero attached hydrogens (tertiary/aromatic N) is 1. The fraction of sp³-hybridized carbons (Fsp3) is 0.333. The predicted molar refractivity (Wildman–Crippen MR) is 81.0 cm³/mol. The lowest BCUT2D eigenvalue weighted by molar-refractivity contribution is -0.120. The van der Waals surface area contributed by atoms with Crippen molar-refractivity contribution in [1.29, 1.82) is 0 Å². The Balaban J connectivity index is 1.90. The molecule has 1 saturated heterocycles. The van der Waals surface area contributed by atoms with E-state index in [2.05, 4.69) is 15.6 Å². The van der Waals surface area contributed by atoms with Crippen molar-refractivity contribution >= 4 is 34.1 Å². The van der Waals surface area contributed by atoms with Gasteiger partial charge >= 0.3 is 0 Å². The molecule has 3 rings (SSSR count). The second-order valence-electron chi connectivity index (χ2n) is 5.03. The lowest BCUT2D eigenvalue weighted by atomic mass is 10.1. The molecule has 0 saturated carbocycles. The molecule has 2 aromatic rings. The molecule has 1 aliphatic rings. The topological polar surface area (TPSA) is 54.0 Å². The van der Waals surface area contributed by atoms with Crippen LogP contribution >= 0.6 is 11.6 Å². The highest BCUT2D eigenvalue weighted by atomic mass is 35.5. The summed E-state index contributed by atoms with van der Waals surface area (Å²) in [6.45, 7) is 0.761. The molecule has 5 heteroatoms. The zero-order valence-corrected chi connectivity index (χ0v) is 11.8. The van der Waals surface area contributed by atoms with Gasteiger partial charge in [-0.05, 0) is 37.1 Å². The van der Waals surface area contributed by atoms with Crippen molar-refractivity contribution in [2.24, 2.45) is 0 Å². The van der Waals surface area contributed by atoms with E-state index in [0.717, 1.165) is 36.0 Å². The van der Waals surface area contributed by atoms with Crippen molar-refractivity contribution in [2.75, 3.05) is 11.9 Å². The molecule has 4 nitrogen and oxygen atoms in total. The van der Waals surface area contributed by atoms with Gasteiger partial charge in [-0.2, -0.15) is 0 Å². The number of hydrogen-bond donors (Lipinski definition) is 2. The molecule has 104 valence electrons. The highest BCUT2D eigenvalue weighted by Gasteiger charge is 2.18. The normalized spacial score (nSPS) is 19.4. The standard InChI is InChI=1S/C15H16ClN3O/c16-12-5-6-13(15-11(12)4-2-8-18-15)19-10-3-1-7-17-14(20)9-10/h2,4-6,8,10,19H,1,3,7,9H2,(H,17,20). The molecular formula is C15H16ClN3O. The van der Waals surface area contributed by atoms with Gasteiger partial charge in [-0.15, -0.1) is 0 Å². The van der Waals surface area contributed by atoms with Gasteiger partial charge in [-0.3, -0.25) is 9.78 Å². The van der Waals surface area contributed by atoms with Crippen LogP contribution in [-0.4, -0.2) is 23.5 Å². The molecule has 1 atom stereocenters. The minimum Gasteiger partial charge on any atom is -0.380 e. The summed E-state index contributed by atoms with van der Waals surface area (Å²) in [5.41, 5.74) is 1.79. The average molecular weight is 290 g/mol. The molecule has 1 aromatic carbocycles. The third-order valence-corrected chi connectivity index (χ3v) is 3.89. The number of aromatic nitrogens is 1. The Morgan fingerprint density at radius 3 is 3.15 bits per heavy atom. The van der Waals surface area contributed by atoms with Gasteiger partial charge in [0.2, 0.25) is 5.91 Å². The number of benzene rings is 1. The lowest BCUT2D eigenvalue weighted by Crippen LogP contribution is -2.26. The highest BCUT2D eigenvalue weighted by molar-refractivity contribution is 6.35. The Kier molecular flexibility index (Phi) is 3.74. The monoisotopic (exact) mass is 289 g/mol. The number of fused-ring (bicyclic) bond motifs is 1. The number of halogens is 1. The Labute approximate surface area is 122 Å². The molecule has 2 N–H and O–H groups in total. The fourth-order valence-electron chi connectivity index (χ4n) is 2.57. The third kappa shape index (κ3) is 2.70. The van der Waals surface area contributed by atoms with Gasteiger partial charge in [0.15, 0.2) is 0 Å².